The highest BCUT2D eigenvalue weighted by Crippen LogP contribution is 2.38. The summed E-state index contributed by atoms with van der Waals surface area (Å²) in [4.78, 5) is 0. The fourth-order valence-electron chi connectivity index (χ4n) is 3.09. The van der Waals surface area contributed by atoms with E-state index in [1.807, 2.05) is 0 Å². The van der Waals surface area contributed by atoms with Crippen molar-refractivity contribution in [3.8, 4) is 0 Å². The Bertz CT molecular complexity index is 179. The van der Waals surface area contributed by atoms with Gasteiger partial charge in [0.15, 0.2) is 0 Å². The van der Waals surface area contributed by atoms with Crippen molar-refractivity contribution in [1.29, 1.82) is 0 Å². The van der Waals surface area contributed by atoms with E-state index in [1.165, 1.54) is 25.7 Å². The van der Waals surface area contributed by atoms with E-state index in [0.717, 1.165) is 17.8 Å². The minimum absolute atomic E-state index is 0.335. The van der Waals surface area contributed by atoms with E-state index in [2.05, 4.69) is 33.1 Å². The smallest absolute Gasteiger partial charge is 0.00672 e. The van der Waals surface area contributed by atoms with E-state index in [-0.39, 0.29) is 0 Å². The van der Waals surface area contributed by atoms with Crippen molar-refractivity contribution in [3.63, 3.8) is 0 Å². The summed E-state index contributed by atoms with van der Waals surface area (Å²) >= 11 is 0. The molecule has 2 nitrogen and oxygen atoms in total. The van der Waals surface area contributed by atoms with Crippen LogP contribution in [0.1, 0.15) is 46.5 Å². The minimum Gasteiger partial charge on any atom is -0.328 e. The van der Waals surface area contributed by atoms with Crippen LogP contribution in [0.2, 0.25) is 0 Å². The first-order valence-corrected chi connectivity index (χ1v) is 6.47. The van der Waals surface area contributed by atoms with Gasteiger partial charge in [-0.25, -0.2) is 0 Å². The zero-order valence-electron chi connectivity index (χ0n) is 10.8. The molecule has 1 aliphatic rings. The Morgan fingerprint density at radius 2 is 2.00 bits per heavy atom. The highest BCUT2D eigenvalue weighted by molar-refractivity contribution is 4.85. The molecule has 0 saturated heterocycles. The lowest BCUT2D eigenvalue weighted by atomic mass is 9.81. The summed E-state index contributed by atoms with van der Waals surface area (Å²) < 4.78 is 0. The van der Waals surface area contributed by atoms with Crippen molar-refractivity contribution in [2.24, 2.45) is 23.5 Å². The fourth-order valence-corrected chi connectivity index (χ4v) is 3.09. The first kappa shape index (κ1) is 13.0. The van der Waals surface area contributed by atoms with Crippen LogP contribution in [-0.2, 0) is 0 Å². The topological polar surface area (TPSA) is 38.0 Å². The summed E-state index contributed by atoms with van der Waals surface area (Å²) in [6, 6.07) is 0.938. The average Bonchev–Trinajstić information content (AvgIpc) is 2.59. The first-order chi connectivity index (χ1) is 7.04. The van der Waals surface area contributed by atoms with Crippen LogP contribution in [0.25, 0.3) is 0 Å². The predicted octanol–water partition coefficient (Wildman–Crippen LogP) is 2.38. The third-order valence-electron chi connectivity index (χ3n) is 4.08. The number of nitrogens with one attached hydrogen (secondary N) is 1. The van der Waals surface area contributed by atoms with Crippen molar-refractivity contribution >= 4 is 0 Å². The summed E-state index contributed by atoms with van der Waals surface area (Å²) in [5.74, 6) is 2.59. The molecule has 0 amide bonds. The Morgan fingerprint density at radius 3 is 2.40 bits per heavy atom. The van der Waals surface area contributed by atoms with Gasteiger partial charge in [-0.1, -0.05) is 13.3 Å². The van der Waals surface area contributed by atoms with Crippen molar-refractivity contribution in [2.45, 2.75) is 58.5 Å². The molecular weight excluding hydrogens is 184 g/mol. The van der Waals surface area contributed by atoms with E-state index in [9.17, 15) is 0 Å². The van der Waals surface area contributed by atoms with E-state index in [1.54, 1.807) is 0 Å². The molecule has 0 heterocycles. The Hall–Kier alpha value is -0.0800. The minimum atomic E-state index is 0.335. The van der Waals surface area contributed by atoms with Gasteiger partial charge in [0.25, 0.3) is 0 Å². The maximum atomic E-state index is 5.96. The summed E-state index contributed by atoms with van der Waals surface area (Å²) in [6.07, 6.45) is 5.39. The monoisotopic (exact) mass is 212 g/mol. The van der Waals surface area contributed by atoms with E-state index in [4.69, 9.17) is 5.73 Å². The molecule has 0 bridgehead atoms. The zero-order chi connectivity index (χ0) is 11.4. The molecule has 15 heavy (non-hydrogen) atoms. The van der Waals surface area contributed by atoms with Crippen molar-refractivity contribution in [2.75, 3.05) is 7.05 Å². The lowest BCUT2D eigenvalue weighted by Crippen LogP contribution is -2.38. The van der Waals surface area contributed by atoms with Crippen molar-refractivity contribution in [3.05, 3.63) is 0 Å². The van der Waals surface area contributed by atoms with Gasteiger partial charge in [-0.3, -0.25) is 0 Å². The second kappa shape index (κ2) is 5.86. The van der Waals surface area contributed by atoms with E-state index in [0.29, 0.717) is 12.1 Å². The Morgan fingerprint density at radius 1 is 1.33 bits per heavy atom. The van der Waals surface area contributed by atoms with Crippen LogP contribution in [0.15, 0.2) is 0 Å². The molecule has 0 aromatic rings. The van der Waals surface area contributed by atoms with Gasteiger partial charge >= 0.3 is 0 Å². The third-order valence-corrected chi connectivity index (χ3v) is 4.08. The first-order valence-electron chi connectivity index (χ1n) is 6.47. The van der Waals surface area contributed by atoms with Gasteiger partial charge < -0.3 is 11.1 Å². The number of hydrogen-bond donors (Lipinski definition) is 2. The molecule has 0 radical (unpaired) electrons. The molecule has 1 saturated carbocycles. The SMILES string of the molecule is CNC(C)C(CC(C)N)C1CCC(C)C1. The molecule has 3 N–H and O–H groups in total. The molecule has 1 rings (SSSR count). The van der Waals surface area contributed by atoms with Gasteiger partial charge in [0.1, 0.15) is 0 Å². The maximum Gasteiger partial charge on any atom is 0.00672 e. The molecule has 0 aromatic heterocycles. The predicted molar refractivity (Wildman–Crippen MR) is 66.8 cm³/mol. The van der Waals surface area contributed by atoms with Gasteiger partial charge in [0.2, 0.25) is 0 Å². The van der Waals surface area contributed by atoms with Crippen molar-refractivity contribution < 1.29 is 0 Å². The summed E-state index contributed by atoms with van der Waals surface area (Å²) in [5, 5.41) is 3.41. The van der Waals surface area contributed by atoms with Gasteiger partial charge in [-0.15, -0.1) is 0 Å². The van der Waals surface area contributed by atoms with Gasteiger partial charge in [0.05, 0.1) is 0 Å². The number of hydrogen-bond acceptors (Lipinski definition) is 2. The van der Waals surface area contributed by atoms with E-state index < -0.39 is 0 Å². The van der Waals surface area contributed by atoms with Crippen molar-refractivity contribution in [1.82, 2.24) is 5.32 Å². The lowest BCUT2D eigenvalue weighted by Gasteiger charge is -2.30. The molecule has 1 fully saturated rings. The standard InChI is InChI=1S/C13H28N2/c1-9-5-6-12(7-9)13(8-10(2)14)11(3)15-4/h9-13,15H,5-8,14H2,1-4H3. The number of rotatable bonds is 5. The third kappa shape index (κ3) is 3.76. The molecular formula is C13H28N2. The Labute approximate surface area is 95.0 Å². The molecule has 1 aliphatic carbocycles. The largest absolute Gasteiger partial charge is 0.328 e. The lowest BCUT2D eigenvalue weighted by molar-refractivity contribution is 0.239. The van der Waals surface area contributed by atoms with Gasteiger partial charge in [0, 0.05) is 12.1 Å². The molecule has 0 spiro atoms. The maximum absolute atomic E-state index is 5.96. The van der Waals surface area contributed by atoms with Gasteiger partial charge in [-0.2, -0.15) is 0 Å². The van der Waals surface area contributed by atoms with Crippen LogP contribution in [0.5, 0.6) is 0 Å². The van der Waals surface area contributed by atoms with E-state index >= 15 is 0 Å². The molecule has 2 heteroatoms. The highest BCUT2D eigenvalue weighted by atomic mass is 14.9. The molecule has 90 valence electrons. The van der Waals surface area contributed by atoms with Crippen LogP contribution in [0, 0.1) is 17.8 Å². The van der Waals surface area contributed by atoms with Gasteiger partial charge in [-0.05, 0) is 57.9 Å². The quantitative estimate of drug-likeness (QED) is 0.734. The van der Waals surface area contributed by atoms with Crippen LogP contribution in [0.3, 0.4) is 0 Å². The highest BCUT2D eigenvalue weighted by Gasteiger charge is 2.31. The van der Waals surface area contributed by atoms with Crippen LogP contribution < -0.4 is 11.1 Å². The number of nitrogens with two attached hydrogens (primary N) is 1. The van der Waals surface area contributed by atoms with Crippen LogP contribution >= 0.6 is 0 Å². The molecule has 5 atom stereocenters. The summed E-state index contributed by atoms with van der Waals surface area (Å²) in [5.41, 5.74) is 5.96. The second-order valence-corrected chi connectivity index (χ2v) is 5.63. The summed E-state index contributed by atoms with van der Waals surface area (Å²) in [7, 11) is 2.07. The zero-order valence-corrected chi connectivity index (χ0v) is 10.8. The second-order valence-electron chi connectivity index (χ2n) is 5.63. The fraction of sp³-hybridized carbons (Fsp3) is 1.00. The van der Waals surface area contributed by atoms with Crippen LogP contribution in [0.4, 0.5) is 0 Å². The van der Waals surface area contributed by atoms with Crippen LogP contribution in [-0.4, -0.2) is 19.1 Å². The summed E-state index contributed by atoms with van der Waals surface area (Å²) in [6.45, 7) is 6.82. The molecule has 0 aromatic carbocycles. The average molecular weight is 212 g/mol. The Kier molecular flexibility index (Phi) is 5.07. The molecule has 0 aliphatic heterocycles. The molecule has 5 unspecified atom stereocenters. The normalized spacial score (nSPS) is 32.6. The Balaban J connectivity index is 2.55.